The Balaban J connectivity index is 1.70. The molecule has 0 atom stereocenters. The number of azo groups is 1. The molecule has 8 nitrogen and oxygen atoms in total. The molecule has 0 radical (unpaired) electrons. The first kappa shape index (κ1) is 19.5. The Morgan fingerprint density at radius 1 is 0.867 bits per heavy atom. The zero-order valence-corrected chi connectivity index (χ0v) is 16.5. The minimum atomic E-state index is -3.82. The Morgan fingerprint density at radius 2 is 1.57 bits per heavy atom. The van der Waals surface area contributed by atoms with Gasteiger partial charge in [0.15, 0.2) is 0 Å². The predicted molar refractivity (Wildman–Crippen MR) is 117 cm³/mol. The number of sulfonamides is 1. The second kappa shape index (κ2) is 8.27. The third kappa shape index (κ3) is 3.97. The van der Waals surface area contributed by atoms with Gasteiger partial charge in [-0.3, -0.25) is 0 Å². The molecule has 4 rings (SSSR count). The average Bonchev–Trinajstić information content (AvgIpc) is 3.16. The summed E-state index contributed by atoms with van der Waals surface area (Å²) in [6, 6.07) is 23.7. The van der Waals surface area contributed by atoms with Gasteiger partial charge in [-0.15, -0.1) is 9.51 Å². The summed E-state index contributed by atoms with van der Waals surface area (Å²) in [7, 11) is -3.82. The van der Waals surface area contributed by atoms with Gasteiger partial charge in [0, 0.05) is 16.5 Å². The summed E-state index contributed by atoms with van der Waals surface area (Å²) in [5, 5.41) is 9.73. The minimum absolute atomic E-state index is 0.0324. The number of hydrogen-bond acceptors (Lipinski definition) is 5. The molecule has 1 heterocycles. The number of nitrogens with two attached hydrogens (primary N) is 1. The average molecular weight is 418 g/mol. The molecule has 30 heavy (non-hydrogen) atoms. The summed E-state index contributed by atoms with van der Waals surface area (Å²) < 4.78 is 27.5. The molecule has 4 N–H and O–H groups in total. The monoisotopic (exact) mass is 418 g/mol. The molecular weight excluding hydrogens is 400 g/mol. The number of H-pyrrole nitrogens is 1. The largest absolute Gasteiger partial charge is 0.353 e. The van der Waals surface area contributed by atoms with Gasteiger partial charge in [0.2, 0.25) is 0 Å². The zero-order valence-electron chi connectivity index (χ0n) is 15.7. The fourth-order valence-corrected chi connectivity index (χ4v) is 3.80. The van der Waals surface area contributed by atoms with Crippen LogP contribution in [0.4, 0.5) is 11.4 Å². The molecule has 0 aliphatic rings. The quantitative estimate of drug-likeness (QED) is 0.141. The van der Waals surface area contributed by atoms with Crippen LogP contribution in [-0.4, -0.2) is 19.7 Å². The third-order valence-corrected chi connectivity index (χ3v) is 5.66. The number of benzene rings is 3. The number of aromatic nitrogens is 1. The number of aromatic amines is 1. The number of para-hydroxylation sites is 1. The lowest BCUT2D eigenvalue weighted by Gasteiger charge is -2.01. The fraction of sp³-hybridized carbons (Fsp3) is 0. The number of fused-ring (bicyclic) bond motifs is 1. The van der Waals surface area contributed by atoms with E-state index in [1.54, 1.807) is 12.1 Å². The van der Waals surface area contributed by atoms with E-state index in [2.05, 4.69) is 25.0 Å². The van der Waals surface area contributed by atoms with E-state index in [1.807, 2.05) is 54.6 Å². The molecule has 0 amide bonds. The SMILES string of the molecule is NN/C=N/S(=O)(=O)c1ccc(N=Nc2c(-c3ccccc3)[nH]c3ccccc23)cc1. The highest BCUT2D eigenvalue weighted by molar-refractivity contribution is 7.90. The van der Waals surface area contributed by atoms with Crippen molar-refractivity contribution in [3.8, 4) is 11.3 Å². The number of nitrogens with one attached hydrogen (secondary N) is 2. The standard InChI is InChI=1S/C21H18N6O2S/c22-23-14-24-30(28,29)17-12-10-16(11-13-17)26-27-21-18-8-4-5-9-19(18)25-20(21)15-6-2-1-3-7-15/h1-14,25H,22H2,(H,23,24). The second-order valence-electron chi connectivity index (χ2n) is 6.33. The number of hydrogen-bond donors (Lipinski definition) is 3. The van der Waals surface area contributed by atoms with E-state index in [1.165, 1.54) is 12.1 Å². The van der Waals surface area contributed by atoms with Crippen molar-refractivity contribution in [2.75, 3.05) is 0 Å². The number of hydrazine groups is 1. The Labute approximate surface area is 173 Å². The highest BCUT2D eigenvalue weighted by Crippen LogP contribution is 2.38. The maximum atomic E-state index is 12.0. The fourth-order valence-electron chi connectivity index (χ4n) is 3.00. The highest BCUT2D eigenvalue weighted by Gasteiger charge is 2.13. The van der Waals surface area contributed by atoms with Crippen molar-refractivity contribution in [1.82, 2.24) is 10.4 Å². The van der Waals surface area contributed by atoms with Crippen LogP contribution in [0.1, 0.15) is 0 Å². The van der Waals surface area contributed by atoms with Gasteiger partial charge in [-0.05, 0) is 30.3 Å². The summed E-state index contributed by atoms with van der Waals surface area (Å²) >= 11 is 0. The Bertz CT molecular complexity index is 1330. The van der Waals surface area contributed by atoms with Gasteiger partial charge >= 0.3 is 0 Å². The maximum Gasteiger partial charge on any atom is 0.283 e. The van der Waals surface area contributed by atoms with Crippen molar-refractivity contribution in [1.29, 1.82) is 0 Å². The smallest absolute Gasteiger partial charge is 0.283 e. The van der Waals surface area contributed by atoms with Gasteiger partial charge in [-0.2, -0.15) is 13.5 Å². The van der Waals surface area contributed by atoms with Crippen molar-refractivity contribution < 1.29 is 8.42 Å². The van der Waals surface area contributed by atoms with E-state index < -0.39 is 10.0 Å². The van der Waals surface area contributed by atoms with Crippen molar-refractivity contribution in [3.63, 3.8) is 0 Å². The molecule has 0 fully saturated rings. The van der Waals surface area contributed by atoms with E-state index in [0.717, 1.165) is 28.5 Å². The number of nitrogens with zero attached hydrogens (tertiary/aromatic N) is 3. The van der Waals surface area contributed by atoms with E-state index in [9.17, 15) is 8.42 Å². The Morgan fingerprint density at radius 3 is 2.30 bits per heavy atom. The summed E-state index contributed by atoms with van der Waals surface area (Å²) in [6.07, 6.45) is 0.908. The first-order valence-electron chi connectivity index (χ1n) is 9.01. The van der Waals surface area contributed by atoms with Crippen LogP contribution < -0.4 is 11.3 Å². The first-order valence-corrected chi connectivity index (χ1v) is 10.5. The van der Waals surface area contributed by atoms with E-state index in [4.69, 9.17) is 5.84 Å². The van der Waals surface area contributed by atoms with Crippen molar-refractivity contribution in [2.24, 2.45) is 20.5 Å². The molecule has 0 saturated carbocycles. The van der Waals surface area contributed by atoms with Crippen LogP contribution in [0.25, 0.3) is 22.2 Å². The molecule has 9 heteroatoms. The molecule has 0 unspecified atom stereocenters. The molecular formula is C21H18N6O2S. The van der Waals surface area contributed by atoms with Crippen LogP contribution in [0.2, 0.25) is 0 Å². The van der Waals surface area contributed by atoms with Crippen LogP contribution in [-0.2, 0) is 10.0 Å². The molecule has 3 aromatic carbocycles. The topological polar surface area (TPSA) is 125 Å². The van der Waals surface area contributed by atoms with Crippen molar-refractivity contribution in [2.45, 2.75) is 4.90 Å². The summed E-state index contributed by atoms with van der Waals surface area (Å²) in [5.41, 5.74) is 6.11. The molecule has 0 saturated heterocycles. The highest BCUT2D eigenvalue weighted by atomic mass is 32.2. The van der Waals surface area contributed by atoms with Gasteiger partial charge in [0.05, 0.1) is 16.3 Å². The minimum Gasteiger partial charge on any atom is -0.353 e. The normalized spacial score (nSPS) is 12.2. The molecule has 150 valence electrons. The van der Waals surface area contributed by atoms with Crippen molar-refractivity contribution in [3.05, 3.63) is 78.9 Å². The zero-order chi connectivity index (χ0) is 21.0. The third-order valence-electron chi connectivity index (χ3n) is 4.41. The lowest BCUT2D eigenvalue weighted by molar-refractivity contribution is 0.598. The predicted octanol–water partition coefficient (Wildman–Crippen LogP) is 4.43. The summed E-state index contributed by atoms with van der Waals surface area (Å²) in [6.45, 7) is 0. The molecule has 0 bridgehead atoms. The van der Waals surface area contributed by atoms with Crippen LogP contribution >= 0.6 is 0 Å². The number of rotatable bonds is 6. The van der Waals surface area contributed by atoms with Crippen molar-refractivity contribution >= 4 is 38.6 Å². The van der Waals surface area contributed by atoms with Gasteiger partial charge in [-0.1, -0.05) is 48.5 Å². The molecule has 4 aromatic rings. The van der Waals surface area contributed by atoms with Crippen LogP contribution in [0.5, 0.6) is 0 Å². The van der Waals surface area contributed by atoms with Gasteiger partial charge < -0.3 is 10.4 Å². The maximum absolute atomic E-state index is 12.0. The lowest BCUT2D eigenvalue weighted by atomic mass is 10.1. The van der Waals surface area contributed by atoms with Gasteiger partial charge in [0.1, 0.15) is 12.0 Å². The molecule has 0 spiro atoms. The van der Waals surface area contributed by atoms with Gasteiger partial charge in [0.25, 0.3) is 10.0 Å². The Kier molecular flexibility index (Phi) is 5.38. The molecule has 1 aromatic heterocycles. The molecule has 0 aliphatic heterocycles. The summed E-state index contributed by atoms with van der Waals surface area (Å²) in [5.74, 6) is 5.02. The van der Waals surface area contributed by atoms with E-state index in [0.29, 0.717) is 11.4 Å². The lowest BCUT2D eigenvalue weighted by Crippen LogP contribution is -2.20. The second-order valence-corrected chi connectivity index (χ2v) is 7.96. The van der Waals surface area contributed by atoms with E-state index >= 15 is 0 Å². The van der Waals surface area contributed by atoms with Crippen LogP contribution in [0, 0.1) is 0 Å². The Hall–Kier alpha value is -3.82. The van der Waals surface area contributed by atoms with Crippen LogP contribution in [0.3, 0.4) is 0 Å². The van der Waals surface area contributed by atoms with Crippen LogP contribution in [0.15, 0.2) is 98.4 Å². The summed E-state index contributed by atoms with van der Waals surface area (Å²) in [4.78, 5) is 3.43. The first-order chi connectivity index (χ1) is 14.6. The van der Waals surface area contributed by atoms with Gasteiger partial charge in [-0.25, -0.2) is 5.84 Å². The van der Waals surface area contributed by atoms with E-state index in [-0.39, 0.29) is 4.90 Å². The molecule has 0 aliphatic carbocycles.